The van der Waals surface area contributed by atoms with Crippen LogP contribution in [0.25, 0.3) is 11.1 Å². The van der Waals surface area contributed by atoms with Crippen molar-refractivity contribution < 1.29 is 32.2 Å². The maximum atomic E-state index is 13.4. The highest BCUT2D eigenvalue weighted by Gasteiger charge is 2.44. The maximum absolute atomic E-state index is 13.4. The van der Waals surface area contributed by atoms with Crippen LogP contribution in [0.1, 0.15) is 17.6 Å². The molecule has 0 bridgehead atoms. The minimum absolute atomic E-state index is 0.0182. The second kappa shape index (κ2) is 8.67. The van der Waals surface area contributed by atoms with Gasteiger partial charge in [-0.1, -0.05) is 12.1 Å². The normalized spacial score (nSPS) is 20.8. The van der Waals surface area contributed by atoms with Crippen LogP contribution in [0.3, 0.4) is 0 Å². The van der Waals surface area contributed by atoms with E-state index < -0.39 is 32.8 Å². The van der Waals surface area contributed by atoms with Gasteiger partial charge in [0, 0.05) is 55.5 Å². The van der Waals surface area contributed by atoms with E-state index in [1.54, 1.807) is 25.1 Å². The van der Waals surface area contributed by atoms with E-state index in [4.69, 9.17) is 45.3 Å². The fourth-order valence-corrected chi connectivity index (χ4v) is 6.41. The maximum Gasteiger partial charge on any atom is 0.256 e. The first-order valence-corrected chi connectivity index (χ1v) is 13.4. The number of benzene rings is 2. The number of rotatable bonds is 4. The highest BCUT2D eigenvalue weighted by Crippen LogP contribution is 2.41. The Hall–Kier alpha value is -3.15. The summed E-state index contributed by atoms with van der Waals surface area (Å²) >= 11 is 0. The van der Waals surface area contributed by atoms with Crippen LogP contribution in [0.2, 0.25) is 0 Å². The summed E-state index contributed by atoms with van der Waals surface area (Å²) in [5.74, 6) is 0.00398. The number of ether oxygens (including phenoxy) is 2. The third-order valence-electron chi connectivity index (χ3n) is 7.12. The second-order valence-electron chi connectivity index (χ2n) is 9.90. The second-order valence-corrected chi connectivity index (χ2v) is 11.8. The molecule has 0 saturated heterocycles. The summed E-state index contributed by atoms with van der Waals surface area (Å²) < 4.78 is 44.5. The number of aliphatic hydroxyl groups excluding tert-OH is 1. The standard InChI is InChI=1S/C24H19B4N3O7S/c1-12-29-20-16(3-2-4-18(20)36-12)21(32)22(33)30-8-13-10-31(11-14(13)9-30)39(34,35)15-5-6-17-19(7-15)38-24(27,28)23(25,26)37-17/h2-7,21,32H,8-11H2,1H3. The molecular weight excluding hydrogens is 518 g/mol. The van der Waals surface area contributed by atoms with Crippen molar-refractivity contribution in [1.29, 1.82) is 0 Å². The van der Waals surface area contributed by atoms with Gasteiger partial charge in [0.1, 0.15) is 36.9 Å². The minimum Gasteiger partial charge on any atom is -0.501 e. The number of hydrogen-bond donors (Lipinski definition) is 1. The third kappa shape index (κ3) is 4.18. The van der Waals surface area contributed by atoms with E-state index in [1.165, 1.54) is 27.4 Å². The number of aryl methyl sites for hydroxylation is 1. The summed E-state index contributed by atoms with van der Waals surface area (Å²) in [4.78, 5) is 18.9. The van der Waals surface area contributed by atoms with Gasteiger partial charge in [-0.25, -0.2) is 13.4 Å². The van der Waals surface area contributed by atoms with Crippen LogP contribution in [0.5, 0.6) is 11.5 Å². The zero-order valence-corrected chi connectivity index (χ0v) is 21.6. The topological polar surface area (TPSA) is 122 Å². The summed E-state index contributed by atoms with van der Waals surface area (Å²) in [5.41, 5.74) is 2.85. The molecule has 190 valence electrons. The van der Waals surface area contributed by atoms with Gasteiger partial charge in [0.25, 0.3) is 5.91 Å². The SMILES string of the molecule is [B]C1([B])Oc2ccc(S(=O)(=O)N3CC4=C(CN(C(=O)C(O)c5cccc6oc(C)nc56)C4)C3)cc2OC1([B])[B]. The Labute approximate surface area is 230 Å². The van der Waals surface area contributed by atoms with E-state index in [-0.39, 0.29) is 42.6 Å². The predicted molar refractivity (Wildman–Crippen MR) is 142 cm³/mol. The van der Waals surface area contributed by atoms with E-state index in [2.05, 4.69) is 4.98 Å². The lowest BCUT2D eigenvalue weighted by atomic mass is 9.41. The lowest BCUT2D eigenvalue weighted by molar-refractivity contribution is -0.139. The van der Waals surface area contributed by atoms with Crippen molar-refractivity contribution in [3.63, 3.8) is 0 Å². The fraction of sp³-hybridized carbons (Fsp3) is 0.333. The van der Waals surface area contributed by atoms with E-state index in [0.29, 0.717) is 22.6 Å². The van der Waals surface area contributed by atoms with Crippen molar-refractivity contribution in [2.45, 2.75) is 28.7 Å². The lowest BCUT2D eigenvalue weighted by Gasteiger charge is -2.48. The molecule has 0 spiro atoms. The molecule has 1 aromatic heterocycles. The molecule has 8 radical (unpaired) electrons. The van der Waals surface area contributed by atoms with E-state index in [9.17, 15) is 18.3 Å². The van der Waals surface area contributed by atoms with Gasteiger partial charge in [-0.3, -0.25) is 4.79 Å². The van der Waals surface area contributed by atoms with Crippen LogP contribution < -0.4 is 9.47 Å². The molecule has 15 heteroatoms. The number of fused-ring (bicyclic) bond motifs is 2. The van der Waals surface area contributed by atoms with Crippen molar-refractivity contribution in [2.75, 3.05) is 26.2 Å². The number of nitrogens with zero attached hydrogens (tertiary/aromatic N) is 3. The zero-order valence-electron chi connectivity index (χ0n) is 20.8. The zero-order chi connectivity index (χ0) is 27.9. The van der Waals surface area contributed by atoms with Crippen molar-refractivity contribution in [1.82, 2.24) is 14.2 Å². The molecule has 0 saturated carbocycles. The Morgan fingerprint density at radius 1 is 1.00 bits per heavy atom. The van der Waals surface area contributed by atoms with Gasteiger partial charge in [-0.15, -0.1) is 0 Å². The Morgan fingerprint density at radius 3 is 2.31 bits per heavy atom. The Balaban J connectivity index is 1.15. The highest BCUT2D eigenvalue weighted by molar-refractivity contribution is 7.89. The molecule has 4 heterocycles. The van der Waals surface area contributed by atoms with E-state index >= 15 is 0 Å². The quantitative estimate of drug-likeness (QED) is 0.358. The summed E-state index contributed by atoms with van der Waals surface area (Å²) in [6.07, 6.45) is -1.44. The molecule has 1 unspecified atom stereocenters. The number of para-hydroxylation sites is 1. The van der Waals surface area contributed by atoms with Crippen LogP contribution in [-0.2, 0) is 14.8 Å². The van der Waals surface area contributed by atoms with Crippen LogP contribution in [0, 0.1) is 6.92 Å². The van der Waals surface area contributed by atoms with Crippen molar-refractivity contribution in [3.05, 3.63) is 59.0 Å². The van der Waals surface area contributed by atoms with Gasteiger partial charge in [-0.05, 0) is 29.3 Å². The van der Waals surface area contributed by atoms with Crippen LogP contribution >= 0.6 is 0 Å². The largest absolute Gasteiger partial charge is 0.501 e. The van der Waals surface area contributed by atoms with Crippen LogP contribution in [0.4, 0.5) is 0 Å². The number of hydrogen-bond acceptors (Lipinski definition) is 8. The first-order valence-electron chi connectivity index (χ1n) is 12.0. The first kappa shape index (κ1) is 26.1. The highest BCUT2D eigenvalue weighted by atomic mass is 32.2. The number of carbonyl (C=O) groups is 1. The Morgan fingerprint density at radius 2 is 1.64 bits per heavy atom. The van der Waals surface area contributed by atoms with Gasteiger partial charge in [0.15, 0.2) is 29.1 Å². The fourth-order valence-electron chi connectivity index (χ4n) is 4.96. The molecule has 3 aliphatic heterocycles. The molecule has 0 aliphatic carbocycles. The molecule has 1 atom stereocenters. The lowest BCUT2D eigenvalue weighted by Crippen LogP contribution is -2.65. The van der Waals surface area contributed by atoms with Crippen molar-refractivity contribution in [3.8, 4) is 11.5 Å². The number of carbonyl (C=O) groups excluding carboxylic acids is 1. The van der Waals surface area contributed by atoms with Crippen molar-refractivity contribution >= 4 is 58.4 Å². The van der Waals surface area contributed by atoms with Gasteiger partial charge in [-0.2, -0.15) is 4.31 Å². The first-order chi connectivity index (χ1) is 18.3. The molecular formula is C24H19B4N3O7S. The minimum atomic E-state index is -3.96. The number of oxazole rings is 1. The molecule has 1 amide bonds. The van der Waals surface area contributed by atoms with Crippen LogP contribution in [0.15, 0.2) is 56.9 Å². The smallest absolute Gasteiger partial charge is 0.256 e. The average Bonchev–Trinajstić information content (AvgIpc) is 3.55. The summed E-state index contributed by atoms with van der Waals surface area (Å²) in [7, 11) is 19.1. The molecule has 39 heavy (non-hydrogen) atoms. The average molecular weight is 537 g/mol. The predicted octanol–water partition coefficient (Wildman–Crippen LogP) is -0.234. The molecule has 10 nitrogen and oxygen atoms in total. The van der Waals surface area contributed by atoms with Gasteiger partial charge < -0.3 is 23.9 Å². The van der Waals surface area contributed by atoms with Gasteiger partial charge >= 0.3 is 0 Å². The third-order valence-corrected chi connectivity index (χ3v) is 8.90. The summed E-state index contributed by atoms with van der Waals surface area (Å²) in [6, 6.07) is 8.98. The molecule has 3 aliphatic rings. The Kier molecular flexibility index (Phi) is 5.80. The van der Waals surface area contributed by atoms with E-state index in [1.807, 2.05) is 0 Å². The van der Waals surface area contributed by atoms with Gasteiger partial charge in [0.05, 0.1) is 4.90 Å². The molecule has 0 fully saturated rings. The number of aromatic nitrogens is 1. The monoisotopic (exact) mass is 537 g/mol. The number of sulfonamides is 1. The molecule has 1 N–H and O–H groups in total. The van der Waals surface area contributed by atoms with Gasteiger partial charge in [0.2, 0.25) is 10.0 Å². The number of aliphatic hydroxyl groups is 1. The summed E-state index contributed by atoms with van der Waals surface area (Å²) in [6.45, 7) is 2.27. The van der Waals surface area contributed by atoms with Crippen LogP contribution in [-0.4, -0.2) is 102 Å². The molecule has 6 rings (SSSR count). The Bertz CT molecular complexity index is 1650. The van der Waals surface area contributed by atoms with E-state index in [0.717, 1.165) is 11.1 Å². The number of amides is 1. The molecule has 3 aromatic rings. The summed E-state index contributed by atoms with van der Waals surface area (Å²) in [5, 5.41) is 6.73. The molecule has 2 aromatic carbocycles. The van der Waals surface area contributed by atoms with Crippen molar-refractivity contribution in [2.24, 2.45) is 0 Å².